The van der Waals surface area contributed by atoms with E-state index in [1.165, 1.54) is 32.1 Å². The maximum atomic E-state index is 12.6. The highest BCUT2D eigenvalue weighted by molar-refractivity contribution is 5.70. The van der Waals surface area contributed by atoms with Gasteiger partial charge in [0.2, 0.25) is 0 Å². The number of amides is 1. The fourth-order valence-electron chi connectivity index (χ4n) is 4.23. The fraction of sp³-hybridized carbons (Fsp3) is 0.478. The first-order chi connectivity index (χ1) is 13.8. The molecule has 28 heavy (non-hydrogen) atoms. The lowest BCUT2D eigenvalue weighted by Gasteiger charge is -2.27. The van der Waals surface area contributed by atoms with Crippen molar-refractivity contribution in [1.29, 1.82) is 0 Å². The summed E-state index contributed by atoms with van der Waals surface area (Å²) in [5.41, 5.74) is 1.98. The van der Waals surface area contributed by atoms with Gasteiger partial charge in [-0.1, -0.05) is 62.4 Å². The molecule has 4 rings (SSSR count). The van der Waals surface area contributed by atoms with E-state index in [1.54, 1.807) is 17.3 Å². The van der Waals surface area contributed by atoms with Crippen molar-refractivity contribution in [3.05, 3.63) is 66.0 Å². The van der Waals surface area contributed by atoms with Gasteiger partial charge >= 0.3 is 6.09 Å². The van der Waals surface area contributed by atoms with Gasteiger partial charge in [0.25, 0.3) is 0 Å². The van der Waals surface area contributed by atoms with E-state index in [0.29, 0.717) is 13.2 Å². The predicted molar refractivity (Wildman–Crippen MR) is 106 cm³/mol. The van der Waals surface area contributed by atoms with Gasteiger partial charge in [-0.2, -0.15) is 0 Å². The summed E-state index contributed by atoms with van der Waals surface area (Å²) in [6.45, 7) is 1.13. The lowest BCUT2D eigenvalue weighted by atomic mass is 9.87. The van der Waals surface area contributed by atoms with Crippen molar-refractivity contribution >= 4 is 6.09 Å². The van der Waals surface area contributed by atoms with Crippen LogP contribution in [0.3, 0.4) is 0 Å². The molecule has 2 aliphatic rings. The molecular weight excluding hydrogens is 352 g/mol. The van der Waals surface area contributed by atoms with Crippen LogP contribution >= 0.6 is 0 Å². The van der Waals surface area contributed by atoms with E-state index in [9.17, 15) is 4.79 Å². The topological polar surface area (TPSA) is 51.7 Å². The number of aromatic nitrogens is 1. The summed E-state index contributed by atoms with van der Waals surface area (Å²) in [4.78, 5) is 18.4. The number of ether oxygens (including phenoxy) is 2. The second-order valence-corrected chi connectivity index (χ2v) is 7.75. The smallest absolute Gasteiger partial charge is 0.413 e. The van der Waals surface area contributed by atoms with E-state index in [-0.39, 0.29) is 6.09 Å². The monoisotopic (exact) mass is 380 g/mol. The number of hydrogen-bond acceptors (Lipinski definition) is 4. The number of carbonyl (C=O) groups excluding carboxylic acids is 1. The zero-order chi connectivity index (χ0) is 19.2. The number of hydrogen-bond donors (Lipinski definition) is 0. The molecule has 0 radical (unpaired) electrons. The first kappa shape index (κ1) is 18.9. The van der Waals surface area contributed by atoms with Crippen LogP contribution in [0.4, 0.5) is 4.79 Å². The van der Waals surface area contributed by atoms with Crippen molar-refractivity contribution in [2.24, 2.45) is 5.92 Å². The van der Waals surface area contributed by atoms with Crippen LogP contribution in [-0.4, -0.2) is 28.8 Å². The SMILES string of the molecule is O=C1OC(c2ccncc2)C(OCCC2CCCCC2)N1Cc1ccccc1. The molecule has 148 valence electrons. The van der Waals surface area contributed by atoms with Crippen LogP contribution in [0.1, 0.15) is 55.8 Å². The molecule has 0 bridgehead atoms. The Bertz CT molecular complexity index is 747. The molecule has 5 heteroatoms. The molecule has 1 aromatic carbocycles. The van der Waals surface area contributed by atoms with Gasteiger partial charge in [0, 0.05) is 24.6 Å². The molecule has 2 heterocycles. The van der Waals surface area contributed by atoms with E-state index >= 15 is 0 Å². The van der Waals surface area contributed by atoms with Crippen LogP contribution in [0.15, 0.2) is 54.9 Å². The van der Waals surface area contributed by atoms with Crippen molar-refractivity contribution in [3.8, 4) is 0 Å². The van der Waals surface area contributed by atoms with E-state index < -0.39 is 12.3 Å². The molecule has 2 atom stereocenters. The summed E-state index contributed by atoms with van der Waals surface area (Å²) in [5, 5.41) is 0. The Morgan fingerprint density at radius 1 is 1.04 bits per heavy atom. The molecule has 0 N–H and O–H groups in total. The van der Waals surface area contributed by atoms with Gasteiger partial charge in [-0.05, 0) is 30.0 Å². The molecule has 1 amide bonds. The molecule has 5 nitrogen and oxygen atoms in total. The molecule has 1 saturated carbocycles. The van der Waals surface area contributed by atoms with Gasteiger partial charge in [-0.15, -0.1) is 0 Å². The summed E-state index contributed by atoms with van der Waals surface area (Å²) < 4.78 is 12.0. The van der Waals surface area contributed by atoms with Crippen molar-refractivity contribution in [3.63, 3.8) is 0 Å². The largest absolute Gasteiger partial charge is 0.436 e. The summed E-state index contributed by atoms with van der Waals surface area (Å²) in [7, 11) is 0. The quantitative estimate of drug-likeness (QED) is 0.671. The minimum absolute atomic E-state index is 0.326. The number of rotatable bonds is 7. The van der Waals surface area contributed by atoms with Gasteiger partial charge in [0.1, 0.15) is 0 Å². The molecule has 2 fully saturated rings. The maximum absolute atomic E-state index is 12.6. The Morgan fingerprint density at radius 3 is 2.54 bits per heavy atom. The van der Waals surface area contributed by atoms with Gasteiger partial charge in [-0.3, -0.25) is 9.88 Å². The summed E-state index contributed by atoms with van der Waals surface area (Å²) in [6.07, 6.45) is 9.94. The van der Waals surface area contributed by atoms with Gasteiger partial charge in [0.05, 0.1) is 6.54 Å². The molecule has 1 saturated heterocycles. The Morgan fingerprint density at radius 2 is 1.79 bits per heavy atom. The zero-order valence-electron chi connectivity index (χ0n) is 16.2. The van der Waals surface area contributed by atoms with Crippen molar-refractivity contribution in [2.45, 2.75) is 57.4 Å². The highest BCUT2D eigenvalue weighted by Gasteiger charge is 2.43. The minimum atomic E-state index is -0.425. The minimum Gasteiger partial charge on any atom is -0.436 e. The molecule has 1 aromatic heterocycles. The number of pyridine rings is 1. The highest BCUT2D eigenvalue weighted by atomic mass is 16.6. The molecule has 2 unspecified atom stereocenters. The van der Waals surface area contributed by atoms with Crippen LogP contribution < -0.4 is 0 Å². The van der Waals surface area contributed by atoms with Crippen LogP contribution in [-0.2, 0) is 16.0 Å². The second kappa shape index (κ2) is 9.20. The number of nitrogens with zero attached hydrogens (tertiary/aromatic N) is 2. The lowest BCUT2D eigenvalue weighted by molar-refractivity contribution is -0.0601. The predicted octanol–water partition coefficient (Wildman–Crippen LogP) is 5.09. The molecular formula is C23H28N2O3. The van der Waals surface area contributed by atoms with Crippen molar-refractivity contribution in [2.75, 3.05) is 6.61 Å². The normalized spacial score (nSPS) is 23.0. The Labute approximate surface area is 166 Å². The Hall–Kier alpha value is -2.40. The average molecular weight is 380 g/mol. The average Bonchev–Trinajstić information content (AvgIpc) is 3.06. The third kappa shape index (κ3) is 4.53. The number of cyclic esters (lactones) is 1. The van der Waals surface area contributed by atoms with Crippen molar-refractivity contribution < 1.29 is 14.3 Å². The van der Waals surface area contributed by atoms with Gasteiger partial charge in [-0.25, -0.2) is 4.79 Å². The summed E-state index contributed by atoms with van der Waals surface area (Å²) in [6, 6.07) is 13.8. The third-order valence-corrected chi connectivity index (χ3v) is 5.80. The highest BCUT2D eigenvalue weighted by Crippen LogP contribution is 2.35. The van der Waals surface area contributed by atoms with E-state index in [0.717, 1.165) is 23.5 Å². The molecule has 2 aromatic rings. The van der Waals surface area contributed by atoms with Gasteiger partial charge < -0.3 is 9.47 Å². The standard InChI is InChI=1S/C23H28N2O3/c26-23-25(17-19-9-5-2-6-10-19)22(21(28-23)20-11-14-24-15-12-20)27-16-13-18-7-3-1-4-8-18/h2,5-6,9-12,14-15,18,21-22H,1,3-4,7-8,13,16-17H2. The van der Waals surface area contributed by atoms with Crippen LogP contribution in [0.25, 0.3) is 0 Å². The summed E-state index contributed by atoms with van der Waals surface area (Å²) in [5.74, 6) is 0.744. The number of benzene rings is 1. The van der Waals surface area contributed by atoms with E-state index in [4.69, 9.17) is 9.47 Å². The molecule has 1 aliphatic heterocycles. The Balaban J connectivity index is 1.47. The number of carbonyl (C=O) groups is 1. The first-order valence-electron chi connectivity index (χ1n) is 10.3. The third-order valence-electron chi connectivity index (χ3n) is 5.80. The molecule has 0 spiro atoms. The first-order valence-corrected chi connectivity index (χ1v) is 10.3. The van der Waals surface area contributed by atoms with E-state index in [1.807, 2.05) is 42.5 Å². The summed E-state index contributed by atoms with van der Waals surface area (Å²) >= 11 is 0. The second-order valence-electron chi connectivity index (χ2n) is 7.75. The fourth-order valence-corrected chi connectivity index (χ4v) is 4.23. The lowest BCUT2D eigenvalue weighted by Crippen LogP contribution is -2.36. The van der Waals surface area contributed by atoms with Crippen molar-refractivity contribution in [1.82, 2.24) is 9.88 Å². The molecule has 1 aliphatic carbocycles. The Kier molecular flexibility index (Phi) is 6.22. The van der Waals surface area contributed by atoms with E-state index in [2.05, 4.69) is 4.98 Å². The van der Waals surface area contributed by atoms with Gasteiger partial charge in [0.15, 0.2) is 12.3 Å². The van der Waals surface area contributed by atoms with Crippen LogP contribution in [0.5, 0.6) is 0 Å². The van der Waals surface area contributed by atoms with Crippen LogP contribution in [0, 0.1) is 5.92 Å². The zero-order valence-corrected chi connectivity index (χ0v) is 16.2. The van der Waals surface area contributed by atoms with Crippen LogP contribution in [0.2, 0.25) is 0 Å². The maximum Gasteiger partial charge on any atom is 0.413 e.